The number of esters is 2. The van der Waals surface area contributed by atoms with Gasteiger partial charge >= 0.3 is 11.9 Å². The molecule has 0 radical (unpaired) electrons. The van der Waals surface area contributed by atoms with Crippen molar-refractivity contribution in [2.75, 3.05) is 14.2 Å². The highest BCUT2D eigenvalue weighted by Crippen LogP contribution is 2.35. The Morgan fingerprint density at radius 1 is 1.43 bits per heavy atom. The van der Waals surface area contributed by atoms with E-state index in [1.807, 2.05) is 6.07 Å². The highest BCUT2D eigenvalue weighted by molar-refractivity contribution is 9.11. The fourth-order valence-electron chi connectivity index (χ4n) is 2.22. The molecule has 1 atom stereocenters. The smallest absolute Gasteiger partial charge is 0.328 e. The molecule has 0 saturated heterocycles. The van der Waals surface area contributed by atoms with Crippen LogP contribution in [0, 0.1) is 0 Å². The minimum atomic E-state index is -0.778. The van der Waals surface area contributed by atoms with E-state index >= 15 is 0 Å². The standard InChI is InChI=1S/C13H14BrNO5S/c1-19-10(16)4-3-8(13(18)20-2)15-6-7-5-9(14)21-11(7)12(15)17/h5,8H,3-4,6H2,1-2H3/t8-/m0/s1. The first-order valence-electron chi connectivity index (χ1n) is 6.21. The molecule has 2 rings (SSSR count). The number of methoxy groups -OCH3 is 2. The maximum absolute atomic E-state index is 12.4. The molecule has 1 aromatic rings. The molecule has 0 N–H and O–H groups in total. The molecular formula is C13H14BrNO5S. The molecule has 6 nitrogen and oxygen atoms in total. The number of ether oxygens (including phenoxy) is 2. The zero-order valence-electron chi connectivity index (χ0n) is 11.6. The molecule has 0 spiro atoms. The largest absolute Gasteiger partial charge is 0.469 e. The summed E-state index contributed by atoms with van der Waals surface area (Å²) in [6, 6.07) is 1.09. The van der Waals surface area contributed by atoms with Gasteiger partial charge in [-0.2, -0.15) is 0 Å². The monoisotopic (exact) mass is 375 g/mol. The maximum atomic E-state index is 12.4. The van der Waals surface area contributed by atoms with Crippen molar-refractivity contribution in [3.8, 4) is 0 Å². The molecular weight excluding hydrogens is 362 g/mol. The molecule has 0 unspecified atom stereocenters. The van der Waals surface area contributed by atoms with Gasteiger partial charge in [0.1, 0.15) is 6.04 Å². The van der Waals surface area contributed by atoms with E-state index in [0.29, 0.717) is 11.4 Å². The van der Waals surface area contributed by atoms with Crippen LogP contribution in [0.2, 0.25) is 0 Å². The molecule has 0 bridgehead atoms. The van der Waals surface area contributed by atoms with E-state index in [1.54, 1.807) is 0 Å². The lowest BCUT2D eigenvalue weighted by molar-refractivity contribution is -0.147. The van der Waals surface area contributed by atoms with E-state index in [2.05, 4.69) is 20.7 Å². The minimum Gasteiger partial charge on any atom is -0.469 e. The van der Waals surface area contributed by atoms with Crippen molar-refractivity contribution < 1.29 is 23.9 Å². The predicted octanol–water partition coefficient (Wildman–Crippen LogP) is 1.96. The number of carbonyl (C=O) groups excluding carboxylic acids is 3. The number of hydrogen-bond acceptors (Lipinski definition) is 6. The van der Waals surface area contributed by atoms with Crippen LogP contribution in [-0.2, 0) is 25.6 Å². The predicted molar refractivity (Wildman–Crippen MR) is 78.9 cm³/mol. The Hall–Kier alpha value is -1.41. The molecule has 1 aliphatic rings. The third-order valence-corrected chi connectivity index (χ3v) is 4.94. The third-order valence-electron chi connectivity index (χ3n) is 3.27. The average molecular weight is 376 g/mol. The van der Waals surface area contributed by atoms with Crippen LogP contribution in [0.4, 0.5) is 0 Å². The second-order valence-corrected chi connectivity index (χ2v) is 6.92. The molecule has 114 valence electrons. The minimum absolute atomic E-state index is 0.0530. The first kappa shape index (κ1) is 16.0. The van der Waals surface area contributed by atoms with Crippen LogP contribution < -0.4 is 0 Å². The van der Waals surface area contributed by atoms with Crippen molar-refractivity contribution in [1.29, 1.82) is 0 Å². The van der Waals surface area contributed by atoms with Gasteiger partial charge in [0.15, 0.2) is 0 Å². The zero-order valence-corrected chi connectivity index (χ0v) is 14.0. The van der Waals surface area contributed by atoms with Crippen LogP contribution in [-0.4, -0.2) is 43.0 Å². The van der Waals surface area contributed by atoms with E-state index in [9.17, 15) is 14.4 Å². The maximum Gasteiger partial charge on any atom is 0.328 e. The zero-order chi connectivity index (χ0) is 15.6. The van der Waals surface area contributed by atoms with Crippen LogP contribution in [0.15, 0.2) is 9.85 Å². The second kappa shape index (κ2) is 6.57. The molecule has 1 aromatic heterocycles. The Labute approximate surface area is 134 Å². The van der Waals surface area contributed by atoms with Gasteiger partial charge in [0, 0.05) is 13.0 Å². The molecule has 1 amide bonds. The van der Waals surface area contributed by atoms with Crippen molar-refractivity contribution >= 4 is 45.1 Å². The van der Waals surface area contributed by atoms with Crippen LogP contribution in [0.25, 0.3) is 0 Å². The summed E-state index contributed by atoms with van der Waals surface area (Å²) in [4.78, 5) is 37.6. The molecule has 0 saturated carbocycles. The summed E-state index contributed by atoms with van der Waals surface area (Å²) in [5, 5.41) is 0. The summed E-state index contributed by atoms with van der Waals surface area (Å²) in [5.41, 5.74) is 0.879. The Bertz CT molecular complexity index is 585. The topological polar surface area (TPSA) is 72.9 Å². The van der Waals surface area contributed by atoms with Crippen molar-refractivity contribution in [2.24, 2.45) is 0 Å². The summed E-state index contributed by atoms with van der Waals surface area (Å²) >= 11 is 4.67. The number of nitrogens with zero attached hydrogens (tertiary/aromatic N) is 1. The van der Waals surface area contributed by atoms with Gasteiger partial charge in [0.2, 0.25) is 0 Å². The van der Waals surface area contributed by atoms with Crippen molar-refractivity contribution in [3.05, 3.63) is 20.3 Å². The second-order valence-electron chi connectivity index (χ2n) is 4.49. The Morgan fingerprint density at radius 3 is 2.71 bits per heavy atom. The van der Waals surface area contributed by atoms with Gasteiger partial charge in [-0.05, 0) is 34.0 Å². The van der Waals surface area contributed by atoms with Crippen LogP contribution in [0.1, 0.15) is 28.1 Å². The lowest BCUT2D eigenvalue weighted by Gasteiger charge is -2.25. The van der Waals surface area contributed by atoms with Crippen molar-refractivity contribution in [3.63, 3.8) is 0 Å². The van der Waals surface area contributed by atoms with E-state index in [-0.39, 0.29) is 18.7 Å². The molecule has 0 aliphatic carbocycles. The Morgan fingerprint density at radius 2 is 2.14 bits per heavy atom. The Kier molecular flexibility index (Phi) is 5.00. The van der Waals surface area contributed by atoms with Gasteiger partial charge in [-0.1, -0.05) is 0 Å². The number of thiophene rings is 1. The summed E-state index contributed by atoms with van der Waals surface area (Å²) in [6.45, 7) is 0.344. The van der Waals surface area contributed by atoms with Gasteiger partial charge in [0.05, 0.1) is 22.9 Å². The van der Waals surface area contributed by atoms with E-state index in [1.165, 1.54) is 30.5 Å². The van der Waals surface area contributed by atoms with E-state index in [0.717, 1.165) is 9.35 Å². The normalized spacial score (nSPS) is 14.8. The molecule has 8 heteroatoms. The van der Waals surface area contributed by atoms with Gasteiger partial charge in [-0.15, -0.1) is 11.3 Å². The van der Waals surface area contributed by atoms with Crippen LogP contribution >= 0.6 is 27.3 Å². The third kappa shape index (κ3) is 3.26. The molecule has 0 aromatic carbocycles. The average Bonchev–Trinajstić information content (AvgIpc) is 2.97. The summed E-state index contributed by atoms with van der Waals surface area (Å²) in [5.74, 6) is -1.16. The highest BCUT2D eigenvalue weighted by atomic mass is 79.9. The Balaban J connectivity index is 2.15. The summed E-state index contributed by atoms with van der Waals surface area (Å²) in [6.07, 6.45) is 0.235. The molecule has 1 aliphatic heterocycles. The molecule has 2 heterocycles. The van der Waals surface area contributed by atoms with Crippen LogP contribution in [0.3, 0.4) is 0 Å². The van der Waals surface area contributed by atoms with Crippen molar-refractivity contribution in [1.82, 2.24) is 4.90 Å². The number of hydrogen-bond donors (Lipinski definition) is 0. The van der Waals surface area contributed by atoms with Crippen molar-refractivity contribution in [2.45, 2.75) is 25.4 Å². The SMILES string of the molecule is COC(=O)CC[C@@H](C(=O)OC)N1Cc2cc(Br)sc2C1=O. The van der Waals surface area contributed by atoms with E-state index < -0.39 is 18.0 Å². The van der Waals surface area contributed by atoms with Gasteiger partial charge < -0.3 is 14.4 Å². The van der Waals surface area contributed by atoms with Crippen LogP contribution in [0.5, 0.6) is 0 Å². The lowest BCUT2D eigenvalue weighted by atomic mass is 10.1. The number of carbonyl (C=O) groups is 3. The number of fused-ring (bicyclic) bond motifs is 1. The molecule has 21 heavy (non-hydrogen) atoms. The fourth-order valence-corrected chi connectivity index (χ4v) is 3.84. The van der Waals surface area contributed by atoms with E-state index in [4.69, 9.17) is 4.74 Å². The summed E-state index contributed by atoms with van der Waals surface area (Å²) in [7, 11) is 2.55. The fraction of sp³-hybridized carbons (Fsp3) is 0.462. The first-order chi connectivity index (χ1) is 9.97. The number of rotatable bonds is 5. The first-order valence-corrected chi connectivity index (χ1v) is 7.82. The van der Waals surface area contributed by atoms with Gasteiger partial charge in [-0.3, -0.25) is 9.59 Å². The quantitative estimate of drug-likeness (QED) is 0.735. The van der Waals surface area contributed by atoms with Gasteiger partial charge in [0.25, 0.3) is 5.91 Å². The highest BCUT2D eigenvalue weighted by Gasteiger charge is 2.38. The molecule has 0 fully saturated rings. The number of halogens is 1. The van der Waals surface area contributed by atoms with Gasteiger partial charge in [-0.25, -0.2) is 4.79 Å². The lowest BCUT2D eigenvalue weighted by Crippen LogP contribution is -2.42. The number of amides is 1. The summed E-state index contributed by atoms with van der Waals surface area (Å²) < 4.78 is 10.2.